The average molecular weight is 315 g/mol. The molecule has 0 aromatic heterocycles. The summed E-state index contributed by atoms with van der Waals surface area (Å²) in [5.41, 5.74) is 0.376. The number of carbonyl (C=O) groups excluding carboxylic acids is 1. The van der Waals surface area contributed by atoms with E-state index in [4.69, 9.17) is 11.6 Å². The molecule has 0 bridgehead atoms. The van der Waals surface area contributed by atoms with Gasteiger partial charge in [-0.05, 0) is 31.0 Å². The highest BCUT2D eigenvalue weighted by molar-refractivity contribution is 6.30. The average Bonchev–Trinajstić information content (AvgIpc) is 3.34. The molecular formula is C17H15ClN2O2. The first kappa shape index (κ1) is 13.6. The third kappa shape index (κ3) is 1.91. The Morgan fingerprint density at radius 3 is 2.59 bits per heavy atom. The van der Waals surface area contributed by atoms with Crippen LogP contribution in [0.2, 0.25) is 5.02 Å². The number of nitrogens with one attached hydrogen (secondary N) is 1. The molecule has 1 unspecified atom stereocenters. The summed E-state index contributed by atoms with van der Waals surface area (Å²) in [7, 11) is 0. The molecular weight excluding hydrogens is 300 g/mol. The smallest absolute Gasteiger partial charge is 0.324 e. The van der Waals surface area contributed by atoms with Crippen LogP contribution in [-0.4, -0.2) is 22.1 Å². The Hall–Kier alpha value is -2.04. The fourth-order valence-electron chi connectivity index (χ4n) is 3.09. The zero-order chi connectivity index (χ0) is 15.3. The molecule has 4 rings (SSSR count). The van der Waals surface area contributed by atoms with Gasteiger partial charge in [-0.3, -0.25) is 4.90 Å². The highest BCUT2D eigenvalue weighted by Crippen LogP contribution is 2.47. The fraction of sp³-hybridized carbons (Fsp3) is 0.235. The van der Waals surface area contributed by atoms with Crippen molar-refractivity contribution >= 4 is 23.3 Å². The molecule has 1 aliphatic carbocycles. The third-order valence-corrected chi connectivity index (χ3v) is 4.49. The van der Waals surface area contributed by atoms with Gasteiger partial charge in [0, 0.05) is 22.2 Å². The molecule has 0 spiro atoms. The van der Waals surface area contributed by atoms with Crippen LogP contribution in [0.1, 0.15) is 24.0 Å². The second-order valence-corrected chi connectivity index (χ2v) is 6.20. The van der Waals surface area contributed by atoms with Gasteiger partial charge in [0.05, 0.1) is 5.69 Å². The maximum atomic E-state index is 12.5. The van der Waals surface area contributed by atoms with E-state index >= 15 is 0 Å². The van der Waals surface area contributed by atoms with Crippen molar-refractivity contribution in [1.82, 2.24) is 4.90 Å². The monoisotopic (exact) mass is 314 g/mol. The van der Waals surface area contributed by atoms with Crippen LogP contribution in [-0.2, 0) is 5.72 Å². The highest BCUT2D eigenvalue weighted by atomic mass is 35.5. The fourth-order valence-corrected chi connectivity index (χ4v) is 3.27. The molecule has 0 radical (unpaired) electrons. The van der Waals surface area contributed by atoms with E-state index < -0.39 is 5.72 Å². The zero-order valence-electron chi connectivity index (χ0n) is 11.8. The second kappa shape index (κ2) is 4.73. The lowest BCUT2D eigenvalue weighted by atomic mass is 9.89. The Kier molecular flexibility index (Phi) is 2.93. The molecule has 2 aliphatic rings. The van der Waals surface area contributed by atoms with E-state index in [1.807, 2.05) is 30.3 Å². The van der Waals surface area contributed by atoms with Gasteiger partial charge < -0.3 is 10.4 Å². The van der Waals surface area contributed by atoms with E-state index in [0.29, 0.717) is 21.8 Å². The van der Waals surface area contributed by atoms with E-state index in [-0.39, 0.29) is 12.1 Å². The minimum Gasteiger partial charge on any atom is -0.363 e. The molecule has 2 amide bonds. The minimum atomic E-state index is -1.50. The van der Waals surface area contributed by atoms with E-state index in [1.54, 1.807) is 23.1 Å². The Bertz CT molecular complexity index is 746. The molecule has 1 fully saturated rings. The summed E-state index contributed by atoms with van der Waals surface area (Å²) < 4.78 is 0. The van der Waals surface area contributed by atoms with Gasteiger partial charge in [-0.1, -0.05) is 41.9 Å². The summed E-state index contributed by atoms with van der Waals surface area (Å²) >= 11 is 6.13. The second-order valence-electron chi connectivity index (χ2n) is 5.76. The number of anilines is 1. The predicted octanol–water partition coefficient (Wildman–Crippen LogP) is 3.54. The maximum Gasteiger partial charge on any atom is 0.324 e. The van der Waals surface area contributed by atoms with Crippen LogP contribution in [0.4, 0.5) is 10.5 Å². The Morgan fingerprint density at radius 1 is 1.18 bits per heavy atom. The van der Waals surface area contributed by atoms with E-state index in [9.17, 15) is 9.90 Å². The first-order valence-corrected chi connectivity index (χ1v) is 7.67. The molecule has 2 aromatic carbocycles. The standard InChI is InChI=1S/C17H15ClN2O2/c18-12-6-9-15-14(10-12)17(22,11-4-2-1-3-5-11)20(13-7-8-13)16(21)19-15/h1-6,9-10,13,22H,7-8H2,(H,19,21). The van der Waals surface area contributed by atoms with Crippen molar-refractivity contribution in [3.8, 4) is 0 Å². The van der Waals surface area contributed by atoms with Gasteiger partial charge in [0.25, 0.3) is 0 Å². The number of fused-ring (bicyclic) bond motifs is 1. The van der Waals surface area contributed by atoms with E-state index in [0.717, 1.165) is 12.8 Å². The van der Waals surface area contributed by atoms with Gasteiger partial charge >= 0.3 is 6.03 Å². The summed E-state index contributed by atoms with van der Waals surface area (Å²) in [5, 5.41) is 14.9. The van der Waals surface area contributed by atoms with Crippen LogP contribution in [0.15, 0.2) is 48.5 Å². The summed E-state index contributed by atoms with van der Waals surface area (Å²) in [4.78, 5) is 14.1. The number of nitrogens with zero attached hydrogens (tertiary/aromatic N) is 1. The Labute approximate surface area is 133 Å². The number of halogens is 1. The molecule has 4 nitrogen and oxygen atoms in total. The molecule has 112 valence electrons. The lowest BCUT2D eigenvalue weighted by Crippen LogP contribution is -2.56. The molecule has 1 aliphatic heterocycles. The van der Waals surface area contributed by atoms with Gasteiger partial charge in [-0.25, -0.2) is 4.79 Å². The van der Waals surface area contributed by atoms with Crippen LogP contribution in [0.25, 0.3) is 0 Å². The Balaban J connectivity index is 1.98. The van der Waals surface area contributed by atoms with Crippen molar-refractivity contribution in [3.05, 3.63) is 64.7 Å². The number of urea groups is 1. The molecule has 1 atom stereocenters. The lowest BCUT2D eigenvalue weighted by Gasteiger charge is -2.44. The van der Waals surface area contributed by atoms with Crippen molar-refractivity contribution < 1.29 is 9.90 Å². The molecule has 2 aromatic rings. The highest BCUT2D eigenvalue weighted by Gasteiger charge is 2.52. The number of aliphatic hydroxyl groups is 1. The largest absolute Gasteiger partial charge is 0.363 e. The Morgan fingerprint density at radius 2 is 1.91 bits per heavy atom. The van der Waals surface area contributed by atoms with Crippen LogP contribution in [0.5, 0.6) is 0 Å². The van der Waals surface area contributed by atoms with Crippen molar-refractivity contribution in [2.75, 3.05) is 5.32 Å². The zero-order valence-corrected chi connectivity index (χ0v) is 12.5. The van der Waals surface area contributed by atoms with Crippen molar-refractivity contribution in [3.63, 3.8) is 0 Å². The van der Waals surface area contributed by atoms with Crippen LogP contribution in [0, 0.1) is 0 Å². The van der Waals surface area contributed by atoms with E-state index in [1.165, 1.54) is 0 Å². The van der Waals surface area contributed by atoms with Crippen molar-refractivity contribution in [2.24, 2.45) is 0 Å². The summed E-state index contributed by atoms with van der Waals surface area (Å²) in [6.07, 6.45) is 1.80. The quantitative estimate of drug-likeness (QED) is 0.890. The molecule has 1 saturated carbocycles. The predicted molar refractivity (Wildman–Crippen MR) is 84.8 cm³/mol. The van der Waals surface area contributed by atoms with Gasteiger partial charge in [0.15, 0.2) is 5.72 Å². The van der Waals surface area contributed by atoms with Crippen LogP contribution < -0.4 is 5.32 Å². The molecule has 1 heterocycles. The number of rotatable bonds is 2. The van der Waals surface area contributed by atoms with Gasteiger partial charge in [0.2, 0.25) is 0 Å². The van der Waals surface area contributed by atoms with Gasteiger partial charge in [-0.2, -0.15) is 0 Å². The molecule has 22 heavy (non-hydrogen) atoms. The van der Waals surface area contributed by atoms with Crippen LogP contribution >= 0.6 is 11.6 Å². The first-order valence-electron chi connectivity index (χ1n) is 7.29. The van der Waals surface area contributed by atoms with Gasteiger partial charge in [-0.15, -0.1) is 0 Å². The number of benzene rings is 2. The number of amides is 2. The van der Waals surface area contributed by atoms with Crippen molar-refractivity contribution in [1.29, 1.82) is 0 Å². The number of carbonyl (C=O) groups is 1. The summed E-state index contributed by atoms with van der Waals surface area (Å²) in [6.45, 7) is 0. The minimum absolute atomic E-state index is 0.0531. The molecule has 0 saturated heterocycles. The number of hydrogen-bond acceptors (Lipinski definition) is 2. The SMILES string of the molecule is O=C1Nc2ccc(Cl)cc2C(O)(c2ccccc2)N1C1CC1. The molecule has 2 N–H and O–H groups in total. The van der Waals surface area contributed by atoms with E-state index in [2.05, 4.69) is 5.32 Å². The third-order valence-electron chi connectivity index (χ3n) is 4.25. The molecule has 5 heteroatoms. The number of hydrogen-bond donors (Lipinski definition) is 2. The van der Waals surface area contributed by atoms with Crippen molar-refractivity contribution in [2.45, 2.75) is 24.6 Å². The van der Waals surface area contributed by atoms with Gasteiger partial charge in [0.1, 0.15) is 0 Å². The first-order chi connectivity index (χ1) is 10.6. The topological polar surface area (TPSA) is 52.6 Å². The maximum absolute atomic E-state index is 12.5. The lowest BCUT2D eigenvalue weighted by molar-refractivity contribution is -0.0564. The summed E-state index contributed by atoms with van der Waals surface area (Å²) in [5.74, 6) is 0. The van der Waals surface area contributed by atoms with Crippen LogP contribution in [0.3, 0.4) is 0 Å². The normalized spacial score (nSPS) is 23.9. The summed E-state index contributed by atoms with van der Waals surface area (Å²) in [6, 6.07) is 14.2.